The molecule has 2 aromatic carbocycles. The summed E-state index contributed by atoms with van der Waals surface area (Å²) in [6, 6.07) is 7.44. The first kappa shape index (κ1) is 14.6. The number of hydrogen-bond donors (Lipinski definition) is 2. The van der Waals surface area contributed by atoms with Crippen LogP contribution in [0, 0.1) is 5.82 Å². The third-order valence-electron chi connectivity index (χ3n) is 2.92. The summed E-state index contributed by atoms with van der Waals surface area (Å²) in [5.74, 6) is -0.502. The molecule has 21 heavy (non-hydrogen) atoms. The summed E-state index contributed by atoms with van der Waals surface area (Å²) in [6.45, 7) is 0. The van der Waals surface area contributed by atoms with Gasteiger partial charge in [0.1, 0.15) is 5.82 Å². The highest BCUT2D eigenvalue weighted by molar-refractivity contribution is 9.10. The largest absolute Gasteiger partial charge is 0.282 e. The Kier molecular flexibility index (Phi) is 3.79. The number of nitrogens with one attached hydrogen (secondary N) is 1. The van der Waals surface area contributed by atoms with E-state index >= 15 is 0 Å². The van der Waals surface area contributed by atoms with Gasteiger partial charge >= 0.3 is 0 Å². The lowest BCUT2D eigenvalue weighted by Gasteiger charge is -2.26. The molecular formula is C13H7BrCl2FN3O. The van der Waals surface area contributed by atoms with Gasteiger partial charge in [0.05, 0.1) is 27.0 Å². The van der Waals surface area contributed by atoms with Gasteiger partial charge in [0.25, 0.3) is 0 Å². The second kappa shape index (κ2) is 5.46. The third kappa shape index (κ3) is 2.60. The molecule has 0 atom stereocenters. The van der Waals surface area contributed by atoms with Crippen molar-refractivity contribution in [2.75, 3.05) is 10.5 Å². The summed E-state index contributed by atoms with van der Waals surface area (Å²) in [7, 11) is 0. The lowest BCUT2D eigenvalue weighted by molar-refractivity contribution is 0.311. The fraction of sp³-hybridized carbons (Fsp3) is 0. The van der Waals surface area contributed by atoms with Gasteiger partial charge < -0.3 is 0 Å². The topological polar surface area (TPSA) is 47.9 Å². The van der Waals surface area contributed by atoms with E-state index in [1.165, 1.54) is 24.3 Å². The quantitative estimate of drug-likeness (QED) is 0.729. The van der Waals surface area contributed by atoms with E-state index in [0.717, 1.165) is 5.06 Å². The van der Waals surface area contributed by atoms with Crippen molar-refractivity contribution in [2.24, 2.45) is 5.10 Å². The zero-order chi connectivity index (χ0) is 15.1. The van der Waals surface area contributed by atoms with Crippen molar-refractivity contribution in [3.05, 3.63) is 56.2 Å². The zero-order valence-corrected chi connectivity index (χ0v) is 13.3. The number of benzene rings is 2. The van der Waals surface area contributed by atoms with Gasteiger partial charge in [-0.25, -0.2) is 9.45 Å². The maximum Gasteiger partial charge on any atom is 0.187 e. The Balaban J connectivity index is 2.07. The van der Waals surface area contributed by atoms with Crippen LogP contribution < -0.4 is 10.5 Å². The summed E-state index contributed by atoms with van der Waals surface area (Å²) in [5, 5.41) is 15.6. The molecule has 2 aromatic rings. The Labute approximate surface area is 137 Å². The Morgan fingerprint density at radius 1 is 1.19 bits per heavy atom. The molecule has 1 aliphatic heterocycles. The first-order valence-electron chi connectivity index (χ1n) is 5.74. The van der Waals surface area contributed by atoms with Crippen molar-refractivity contribution < 1.29 is 9.60 Å². The number of hydroxylamine groups is 1. The lowest BCUT2D eigenvalue weighted by Crippen LogP contribution is -2.33. The van der Waals surface area contributed by atoms with E-state index in [2.05, 4.69) is 26.5 Å². The van der Waals surface area contributed by atoms with Crippen LogP contribution in [0.5, 0.6) is 0 Å². The molecule has 8 heteroatoms. The van der Waals surface area contributed by atoms with Crippen molar-refractivity contribution in [2.45, 2.75) is 0 Å². The molecule has 0 aromatic heterocycles. The van der Waals surface area contributed by atoms with Crippen LogP contribution in [0.15, 0.2) is 39.9 Å². The van der Waals surface area contributed by atoms with E-state index in [1.54, 1.807) is 6.07 Å². The molecule has 2 N–H and O–H groups in total. The molecule has 3 rings (SSSR count). The van der Waals surface area contributed by atoms with Gasteiger partial charge in [-0.05, 0) is 30.3 Å². The molecule has 0 amide bonds. The Hall–Kier alpha value is -1.34. The van der Waals surface area contributed by atoms with Gasteiger partial charge in [-0.15, -0.1) is 0 Å². The third-order valence-corrected chi connectivity index (χ3v) is 4.14. The SMILES string of the molecule is ON1C(c2ccc(Br)cc2F)=NNc2cc(Cl)c(Cl)cc21. The summed E-state index contributed by atoms with van der Waals surface area (Å²) < 4.78 is 14.6. The predicted octanol–water partition coefficient (Wildman–Crippen LogP) is 4.88. The van der Waals surface area contributed by atoms with Gasteiger partial charge in [-0.2, -0.15) is 5.10 Å². The Bertz CT molecular complexity index is 769. The summed E-state index contributed by atoms with van der Waals surface area (Å²) in [6.07, 6.45) is 0. The summed E-state index contributed by atoms with van der Waals surface area (Å²) in [4.78, 5) is 0. The lowest BCUT2D eigenvalue weighted by atomic mass is 10.1. The number of nitrogens with zero attached hydrogens (tertiary/aromatic N) is 2. The van der Waals surface area contributed by atoms with E-state index < -0.39 is 5.82 Å². The van der Waals surface area contributed by atoms with Crippen molar-refractivity contribution in [3.63, 3.8) is 0 Å². The van der Waals surface area contributed by atoms with Crippen molar-refractivity contribution in [1.82, 2.24) is 0 Å². The predicted molar refractivity (Wildman–Crippen MR) is 85.0 cm³/mol. The van der Waals surface area contributed by atoms with Crippen LogP contribution >= 0.6 is 39.1 Å². The van der Waals surface area contributed by atoms with Crippen molar-refractivity contribution >= 4 is 56.3 Å². The zero-order valence-electron chi connectivity index (χ0n) is 10.2. The van der Waals surface area contributed by atoms with Gasteiger partial charge in [-0.1, -0.05) is 39.1 Å². The number of amidine groups is 1. The second-order valence-electron chi connectivity index (χ2n) is 4.27. The number of rotatable bonds is 1. The van der Waals surface area contributed by atoms with Gasteiger partial charge in [-0.3, -0.25) is 10.6 Å². The monoisotopic (exact) mass is 389 g/mol. The standard InChI is InChI=1S/C13H7BrCl2FN3O/c14-6-1-2-7(10(17)3-6)13-19-18-11-4-8(15)9(16)5-12(11)20(13)21/h1-5,18,21H. The van der Waals surface area contributed by atoms with E-state index in [1.807, 2.05) is 0 Å². The molecule has 0 spiro atoms. The average molecular weight is 391 g/mol. The highest BCUT2D eigenvalue weighted by Gasteiger charge is 2.25. The van der Waals surface area contributed by atoms with Crippen molar-refractivity contribution in [1.29, 1.82) is 0 Å². The molecule has 0 radical (unpaired) electrons. The molecule has 4 nitrogen and oxygen atoms in total. The van der Waals surface area contributed by atoms with E-state index in [9.17, 15) is 9.60 Å². The van der Waals surface area contributed by atoms with Gasteiger partial charge in [0, 0.05) is 4.47 Å². The minimum atomic E-state index is -0.521. The van der Waals surface area contributed by atoms with Crippen LogP contribution in [0.25, 0.3) is 0 Å². The number of hydrazone groups is 1. The fourth-order valence-corrected chi connectivity index (χ4v) is 2.58. The number of hydrogen-bond acceptors (Lipinski definition) is 4. The molecule has 108 valence electrons. The maximum absolute atomic E-state index is 14.0. The average Bonchev–Trinajstić information content (AvgIpc) is 2.43. The minimum Gasteiger partial charge on any atom is -0.282 e. The molecule has 0 bridgehead atoms. The minimum absolute atomic E-state index is 0.0193. The van der Waals surface area contributed by atoms with Gasteiger partial charge in [0.2, 0.25) is 0 Å². The van der Waals surface area contributed by atoms with Crippen LogP contribution in [-0.4, -0.2) is 11.0 Å². The molecular weight excluding hydrogens is 384 g/mol. The van der Waals surface area contributed by atoms with Crippen LogP contribution in [-0.2, 0) is 0 Å². The molecule has 0 aliphatic carbocycles. The number of fused-ring (bicyclic) bond motifs is 1. The van der Waals surface area contributed by atoms with Gasteiger partial charge in [0.15, 0.2) is 5.84 Å². The highest BCUT2D eigenvalue weighted by Crippen LogP contribution is 2.37. The van der Waals surface area contributed by atoms with E-state index in [-0.39, 0.29) is 16.4 Å². The van der Waals surface area contributed by atoms with Crippen LogP contribution in [0.2, 0.25) is 10.0 Å². The summed E-state index contributed by atoms with van der Waals surface area (Å²) >= 11 is 15.0. The van der Waals surface area contributed by atoms with E-state index in [4.69, 9.17) is 23.2 Å². The highest BCUT2D eigenvalue weighted by atomic mass is 79.9. The van der Waals surface area contributed by atoms with Crippen LogP contribution in [0.4, 0.5) is 15.8 Å². The van der Waals surface area contributed by atoms with Crippen molar-refractivity contribution in [3.8, 4) is 0 Å². The van der Waals surface area contributed by atoms with E-state index in [0.29, 0.717) is 20.9 Å². The second-order valence-corrected chi connectivity index (χ2v) is 6.00. The molecule has 1 aliphatic rings. The summed E-state index contributed by atoms with van der Waals surface area (Å²) in [5.41, 5.74) is 3.66. The molecule has 0 unspecified atom stereocenters. The maximum atomic E-state index is 14.0. The normalized spacial score (nSPS) is 13.6. The first-order valence-corrected chi connectivity index (χ1v) is 7.29. The van der Waals surface area contributed by atoms with Crippen LogP contribution in [0.1, 0.15) is 5.56 Å². The molecule has 1 heterocycles. The molecule has 0 saturated carbocycles. The number of anilines is 2. The first-order chi connectivity index (χ1) is 9.97. The Morgan fingerprint density at radius 2 is 1.90 bits per heavy atom. The smallest absolute Gasteiger partial charge is 0.187 e. The Morgan fingerprint density at radius 3 is 2.62 bits per heavy atom. The molecule has 0 fully saturated rings. The fourth-order valence-electron chi connectivity index (χ4n) is 1.92. The molecule has 0 saturated heterocycles. The van der Waals surface area contributed by atoms with Crippen LogP contribution in [0.3, 0.4) is 0 Å². The number of halogens is 4.